The Kier molecular flexibility index (Phi) is 5.82. The molecule has 1 N–H and O–H groups in total. The Labute approximate surface area is 130 Å². The molecule has 2 rings (SSSR count). The van der Waals surface area contributed by atoms with E-state index < -0.39 is 6.10 Å². The second-order valence-corrected chi connectivity index (χ2v) is 6.74. The zero-order chi connectivity index (χ0) is 15.2. The number of nitrogens with zero attached hydrogens (tertiary/aromatic N) is 2. The molecule has 0 saturated carbocycles. The van der Waals surface area contributed by atoms with E-state index in [4.69, 9.17) is 4.52 Å². The van der Waals surface area contributed by atoms with E-state index in [2.05, 4.69) is 55.2 Å². The molecular weight excluding hydrogens is 284 g/mol. The summed E-state index contributed by atoms with van der Waals surface area (Å²) in [6, 6.07) is 8.36. The molecule has 0 aliphatic heterocycles. The van der Waals surface area contributed by atoms with Crippen LogP contribution in [-0.4, -0.2) is 21.4 Å². The standard InChI is InChI=1S/C16H22N2O2S/c1-11(2)8-13(19)9-16-17-15(18-20-16)10-21-14-6-4-12(3)5-7-14/h4-7,11,13,19H,8-10H2,1-3H3. The molecule has 0 fully saturated rings. The van der Waals surface area contributed by atoms with E-state index in [0.717, 1.165) is 6.42 Å². The Hall–Kier alpha value is -1.33. The second kappa shape index (κ2) is 7.61. The van der Waals surface area contributed by atoms with Gasteiger partial charge in [0.15, 0.2) is 5.82 Å². The van der Waals surface area contributed by atoms with E-state index in [1.807, 2.05) is 0 Å². The quantitative estimate of drug-likeness (QED) is 0.792. The summed E-state index contributed by atoms with van der Waals surface area (Å²) < 4.78 is 5.19. The van der Waals surface area contributed by atoms with E-state index in [1.54, 1.807) is 11.8 Å². The van der Waals surface area contributed by atoms with Gasteiger partial charge in [-0.2, -0.15) is 4.98 Å². The summed E-state index contributed by atoms with van der Waals surface area (Å²) in [5.41, 5.74) is 1.25. The molecule has 0 amide bonds. The maximum atomic E-state index is 9.88. The van der Waals surface area contributed by atoms with Crippen molar-refractivity contribution in [3.8, 4) is 0 Å². The molecule has 0 radical (unpaired) electrons. The highest BCUT2D eigenvalue weighted by molar-refractivity contribution is 7.98. The zero-order valence-electron chi connectivity index (χ0n) is 12.7. The van der Waals surface area contributed by atoms with Crippen LogP contribution in [0.25, 0.3) is 0 Å². The first-order chi connectivity index (χ1) is 10.0. The third-order valence-electron chi connectivity index (χ3n) is 3.05. The highest BCUT2D eigenvalue weighted by Crippen LogP contribution is 2.22. The molecule has 0 spiro atoms. The van der Waals surface area contributed by atoms with Gasteiger partial charge in [0.25, 0.3) is 0 Å². The monoisotopic (exact) mass is 306 g/mol. The molecule has 5 heteroatoms. The van der Waals surface area contributed by atoms with Crippen molar-refractivity contribution in [2.45, 2.75) is 50.4 Å². The third kappa shape index (κ3) is 5.52. The van der Waals surface area contributed by atoms with Crippen molar-refractivity contribution in [3.05, 3.63) is 41.5 Å². The van der Waals surface area contributed by atoms with Gasteiger partial charge in [-0.15, -0.1) is 11.8 Å². The lowest BCUT2D eigenvalue weighted by Gasteiger charge is -2.09. The fourth-order valence-electron chi connectivity index (χ4n) is 2.04. The van der Waals surface area contributed by atoms with Crippen LogP contribution in [0.5, 0.6) is 0 Å². The van der Waals surface area contributed by atoms with Crippen molar-refractivity contribution < 1.29 is 9.63 Å². The number of rotatable bonds is 7. The van der Waals surface area contributed by atoms with E-state index >= 15 is 0 Å². The van der Waals surface area contributed by atoms with Crippen molar-refractivity contribution in [3.63, 3.8) is 0 Å². The first kappa shape index (κ1) is 16.0. The molecule has 2 aromatic rings. The van der Waals surface area contributed by atoms with E-state index in [-0.39, 0.29) is 0 Å². The minimum atomic E-state index is -0.414. The molecule has 1 unspecified atom stereocenters. The van der Waals surface area contributed by atoms with Crippen LogP contribution in [0.1, 0.15) is 37.5 Å². The Morgan fingerprint density at radius 1 is 1.24 bits per heavy atom. The van der Waals surface area contributed by atoms with Crippen LogP contribution in [0.2, 0.25) is 0 Å². The van der Waals surface area contributed by atoms with Crippen molar-refractivity contribution in [2.75, 3.05) is 0 Å². The Morgan fingerprint density at radius 2 is 1.95 bits per heavy atom. The van der Waals surface area contributed by atoms with Crippen molar-refractivity contribution in [2.24, 2.45) is 5.92 Å². The van der Waals surface area contributed by atoms with Crippen LogP contribution < -0.4 is 0 Å². The van der Waals surface area contributed by atoms with Gasteiger partial charge in [0.1, 0.15) is 0 Å². The second-order valence-electron chi connectivity index (χ2n) is 5.69. The largest absolute Gasteiger partial charge is 0.393 e. The first-order valence-corrected chi connectivity index (χ1v) is 8.20. The van der Waals surface area contributed by atoms with Crippen molar-refractivity contribution in [1.29, 1.82) is 0 Å². The van der Waals surface area contributed by atoms with Crippen LogP contribution in [0, 0.1) is 12.8 Å². The van der Waals surface area contributed by atoms with Crippen LogP contribution in [0.4, 0.5) is 0 Å². The van der Waals surface area contributed by atoms with Gasteiger partial charge < -0.3 is 9.63 Å². The lowest BCUT2D eigenvalue weighted by Crippen LogP contribution is -2.13. The van der Waals surface area contributed by atoms with Crippen LogP contribution in [0.3, 0.4) is 0 Å². The molecule has 1 aromatic heterocycles. The molecular formula is C16H22N2O2S. The minimum absolute atomic E-state index is 0.414. The van der Waals surface area contributed by atoms with E-state index in [1.165, 1.54) is 10.5 Å². The Balaban J connectivity index is 1.84. The molecule has 0 bridgehead atoms. The summed E-state index contributed by atoms with van der Waals surface area (Å²) in [5, 5.41) is 13.8. The number of hydrogen-bond acceptors (Lipinski definition) is 5. The van der Waals surface area contributed by atoms with Crippen LogP contribution >= 0.6 is 11.8 Å². The topological polar surface area (TPSA) is 59.2 Å². The summed E-state index contributed by atoms with van der Waals surface area (Å²) >= 11 is 1.68. The van der Waals surface area contributed by atoms with Crippen molar-refractivity contribution >= 4 is 11.8 Å². The van der Waals surface area contributed by atoms with Gasteiger partial charge in [-0.25, -0.2) is 0 Å². The lowest BCUT2D eigenvalue weighted by molar-refractivity contribution is 0.138. The number of benzene rings is 1. The third-order valence-corrected chi connectivity index (χ3v) is 4.06. The summed E-state index contributed by atoms with van der Waals surface area (Å²) in [6.45, 7) is 6.24. The number of thioether (sulfide) groups is 1. The normalized spacial score (nSPS) is 12.8. The first-order valence-electron chi connectivity index (χ1n) is 7.22. The van der Waals surface area contributed by atoms with Crippen molar-refractivity contribution in [1.82, 2.24) is 10.1 Å². The summed E-state index contributed by atoms with van der Waals surface area (Å²) in [6.07, 6.45) is 0.763. The molecule has 0 aliphatic carbocycles. The summed E-state index contributed by atoms with van der Waals surface area (Å²) in [5.74, 6) is 2.32. The molecule has 114 valence electrons. The van der Waals surface area contributed by atoms with Gasteiger partial charge in [0.2, 0.25) is 5.89 Å². The summed E-state index contributed by atoms with van der Waals surface area (Å²) in [4.78, 5) is 5.52. The number of hydrogen-bond donors (Lipinski definition) is 1. The van der Waals surface area contributed by atoms with Gasteiger partial charge in [-0.1, -0.05) is 36.7 Å². The summed E-state index contributed by atoms with van der Waals surface area (Å²) in [7, 11) is 0. The van der Waals surface area contributed by atoms with E-state index in [0.29, 0.717) is 29.8 Å². The molecule has 21 heavy (non-hydrogen) atoms. The number of aromatic nitrogens is 2. The fraction of sp³-hybridized carbons (Fsp3) is 0.500. The SMILES string of the molecule is Cc1ccc(SCc2noc(CC(O)CC(C)C)n2)cc1. The molecule has 4 nitrogen and oxygen atoms in total. The predicted molar refractivity (Wildman–Crippen MR) is 84.2 cm³/mol. The predicted octanol–water partition coefficient (Wildman–Crippen LogP) is 3.62. The van der Waals surface area contributed by atoms with Crippen LogP contribution in [0.15, 0.2) is 33.7 Å². The Morgan fingerprint density at radius 3 is 2.62 bits per heavy atom. The number of aryl methyl sites for hydroxylation is 1. The van der Waals surface area contributed by atoms with Gasteiger partial charge in [0.05, 0.1) is 18.3 Å². The lowest BCUT2D eigenvalue weighted by atomic mass is 10.0. The molecule has 1 atom stereocenters. The van der Waals surface area contributed by atoms with Gasteiger partial charge >= 0.3 is 0 Å². The highest BCUT2D eigenvalue weighted by Gasteiger charge is 2.13. The minimum Gasteiger partial charge on any atom is -0.393 e. The molecule has 1 heterocycles. The zero-order valence-corrected chi connectivity index (χ0v) is 13.6. The van der Waals surface area contributed by atoms with E-state index in [9.17, 15) is 5.11 Å². The Bertz CT molecular complexity index is 552. The van der Waals surface area contributed by atoms with Gasteiger partial charge in [-0.3, -0.25) is 0 Å². The molecule has 1 aromatic carbocycles. The number of aliphatic hydroxyl groups excluding tert-OH is 1. The maximum Gasteiger partial charge on any atom is 0.229 e. The smallest absolute Gasteiger partial charge is 0.229 e. The highest BCUT2D eigenvalue weighted by atomic mass is 32.2. The van der Waals surface area contributed by atoms with Crippen LogP contribution in [-0.2, 0) is 12.2 Å². The number of aliphatic hydroxyl groups is 1. The average Bonchev–Trinajstić information content (AvgIpc) is 2.84. The van der Waals surface area contributed by atoms with Gasteiger partial charge in [0, 0.05) is 4.90 Å². The molecule has 0 saturated heterocycles. The average molecular weight is 306 g/mol. The molecule has 0 aliphatic rings. The fourth-order valence-corrected chi connectivity index (χ4v) is 2.78. The maximum absolute atomic E-state index is 9.88. The van der Waals surface area contributed by atoms with Gasteiger partial charge in [-0.05, 0) is 31.4 Å².